The summed E-state index contributed by atoms with van der Waals surface area (Å²) in [5.74, 6) is -0.0587. The van der Waals surface area contributed by atoms with E-state index in [2.05, 4.69) is 48.7 Å². The second-order valence-electron chi connectivity index (χ2n) is 15.5. The average Bonchev–Trinajstić information content (AvgIpc) is 3.90. The number of aromatic nitrogens is 5. The van der Waals surface area contributed by atoms with Crippen LogP contribution in [-0.2, 0) is 19.8 Å². The summed E-state index contributed by atoms with van der Waals surface area (Å²) in [6.45, 7) is 5.50. The van der Waals surface area contributed by atoms with Gasteiger partial charge in [-0.3, -0.25) is 29.7 Å². The number of hydrogen-bond donors (Lipinski definition) is 3. The van der Waals surface area contributed by atoms with Crippen molar-refractivity contribution in [2.24, 2.45) is 16.8 Å². The van der Waals surface area contributed by atoms with Gasteiger partial charge in [0.15, 0.2) is 5.01 Å². The van der Waals surface area contributed by atoms with Crippen LogP contribution in [0, 0.1) is 23.2 Å². The number of allylic oxidation sites excluding steroid dienone is 1. The molecule has 0 unspecified atom stereocenters. The van der Waals surface area contributed by atoms with Crippen molar-refractivity contribution in [3.63, 3.8) is 0 Å². The zero-order valence-electron chi connectivity index (χ0n) is 31.7. The Hall–Kier alpha value is -5.75. The topological polar surface area (TPSA) is 183 Å². The van der Waals surface area contributed by atoms with Crippen LogP contribution in [0.2, 0.25) is 0 Å². The van der Waals surface area contributed by atoms with Gasteiger partial charge >= 0.3 is 0 Å². The Kier molecular flexibility index (Phi) is 10.0. The van der Waals surface area contributed by atoms with Gasteiger partial charge in [-0.25, -0.2) is 4.52 Å². The van der Waals surface area contributed by atoms with Crippen LogP contribution in [0.25, 0.3) is 27.5 Å². The van der Waals surface area contributed by atoms with Crippen molar-refractivity contribution < 1.29 is 14.4 Å². The lowest BCUT2D eigenvalue weighted by Crippen LogP contribution is -2.59. The number of likely N-dealkylation sites (tertiary alicyclic amines) is 1. The van der Waals surface area contributed by atoms with Crippen LogP contribution in [0.15, 0.2) is 66.0 Å². The molecular formula is C41H45N11O3S. The Balaban J connectivity index is 0.863. The molecule has 1 atom stereocenters. The summed E-state index contributed by atoms with van der Waals surface area (Å²) in [7, 11) is 3.63. The molecule has 3 saturated carbocycles. The summed E-state index contributed by atoms with van der Waals surface area (Å²) < 4.78 is 1.79. The molecule has 3 aliphatic carbocycles. The number of carbonyl (C=O) groups excluding carboxylic acids is 3. The molecule has 4 aromatic rings. The van der Waals surface area contributed by atoms with Gasteiger partial charge in [-0.05, 0) is 93.7 Å². The Bertz CT molecular complexity index is 2300. The molecule has 5 fully saturated rings. The highest BCUT2D eigenvalue weighted by Crippen LogP contribution is 2.55. The van der Waals surface area contributed by atoms with E-state index in [1.54, 1.807) is 35.2 Å². The van der Waals surface area contributed by atoms with E-state index >= 15 is 0 Å². The van der Waals surface area contributed by atoms with E-state index in [-0.39, 0.29) is 34.6 Å². The van der Waals surface area contributed by atoms with Gasteiger partial charge in [0.1, 0.15) is 16.9 Å². The Morgan fingerprint density at radius 1 is 1.07 bits per heavy atom. The minimum atomic E-state index is -0.414. The maximum Gasteiger partial charge on any atom is 0.234 e. The predicted molar refractivity (Wildman–Crippen MR) is 214 cm³/mol. The molecular weight excluding hydrogens is 727 g/mol. The summed E-state index contributed by atoms with van der Waals surface area (Å²) in [5.41, 5.74) is 5.15. The number of anilines is 1. The summed E-state index contributed by atoms with van der Waals surface area (Å²) >= 11 is 1.64. The molecule has 4 aromatic heterocycles. The maximum absolute atomic E-state index is 13.7. The number of amidine groups is 1. The zero-order chi connectivity index (χ0) is 39.0. The number of pyridine rings is 1. The third-order valence-corrected chi connectivity index (χ3v) is 13.6. The summed E-state index contributed by atoms with van der Waals surface area (Å²) in [6.07, 6.45) is 15.0. The SMILES string of the molecule is C=C(/C=C\C(=NC)N1CCC(C(=O)NC23CCC(c4nnc(-c5cnc(-c6ccc7cc(C#N)cnn67)cc5NC)s4)(CC2)CC3)CC1)[C@H]1CCC(=O)NC1=O. The maximum atomic E-state index is 13.7. The second-order valence-corrected chi connectivity index (χ2v) is 16.5. The monoisotopic (exact) mass is 771 g/mol. The summed E-state index contributed by atoms with van der Waals surface area (Å²) in [5, 5.41) is 34.2. The summed E-state index contributed by atoms with van der Waals surface area (Å²) in [4.78, 5) is 48.9. The van der Waals surface area contributed by atoms with Gasteiger partial charge in [0, 0.05) is 62.4 Å². The van der Waals surface area contributed by atoms with Crippen molar-refractivity contribution in [3.8, 4) is 28.0 Å². The molecule has 0 aromatic carbocycles. The number of carbonyl (C=O) groups is 3. The summed E-state index contributed by atoms with van der Waals surface area (Å²) in [6, 6.07) is 9.82. The van der Waals surface area contributed by atoms with Crippen LogP contribution in [0.3, 0.4) is 0 Å². The molecule has 9 rings (SSSR count). The normalized spacial score (nSPS) is 24.3. The van der Waals surface area contributed by atoms with Gasteiger partial charge in [-0.2, -0.15) is 10.4 Å². The Morgan fingerprint density at radius 2 is 1.84 bits per heavy atom. The quantitative estimate of drug-likeness (QED) is 0.0886. The van der Waals surface area contributed by atoms with E-state index in [1.807, 2.05) is 43.6 Å². The average molecular weight is 772 g/mol. The molecule has 3 N–H and O–H groups in total. The zero-order valence-corrected chi connectivity index (χ0v) is 32.5. The highest BCUT2D eigenvalue weighted by molar-refractivity contribution is 7.14. The van der Waals surface area contributed by atoms with E-state index in [9.17, 15) is 19.6 Å². The minimum absolute atomic E-state index is 0.0351. The molecule has 56 heavy (non-hydrogen) atoms. The van der Waals surface area contributed by atoms with Gasteiger partial charge < -0.3 is 15.5 Å². The minimum Gasteiger partial charge on any atom is -0.387 e. The molecule has 2 bridgehead atoms. The van der Waals surface area contributed by atoms with E-state index in [0.717, 1.165) is 95.4 Å². The molecule has 288 valence electrons. The van der Waals surface area contributed by atoms with Crippen LogP contribution in [0.4, 0.5) is 5.69 Å². The molecule has 0 radical (unpaired) electrons. The van der Waals surface area contributed by atoms with Gasteiger partial charge in [-0.15, -0.1) is 10.2 Å². The van der Waals surface area contributed by atoms with Gasteiger partial charge in [-0.1, -0.05) is 24.0 Å². The highest BCUT2D eigenvalue weighted by Gasteiger charge is 2.52. The predicted octanol–water partition coefficient (Wildman–Crippen LogP) is 5.19. The molecule has 2 aliphatic heterocycles. The molecule has 5 aliphatic rings. The number of piperidine rings is 2. The number of nitrogens with one attached hydrogen (secondary N) is 3. The van der Waals surface area contributed by atoms with Crippen LogP contribution < -0.4 is 16.0 Å². The molecule has 15 heteroatoms. The molecule has 3 amide bonds. The lowest BCUT2D eigenvalue weighted by atomic mass is 9.57. The van der Waals surface area contributed by atoms with Crippen molar-refractivity contribution in [2.75, 3.05) is 32.5 Å². The largest absolute Gasteiger partial charge is 0.387 e. The molecule has 2 saturated heterocycles. The third kappa shape index (κ3) is 6.98. The van der Waals surface area contributed by atoms with E-state index in [0.29, 0.717) is 37.1 Å². The number of imide groups is 1. The fourth-order valence-electron chi connectivity index (χ4n) is 8.87. The smallest absolute Gasteiger partial charge is 0.234 e. The first kappa shape index (κ1) is 37.2. The van der Waals surface area contributed by atoms with Gasteiger partial charge in [0.25, 0.3) is 0 Å². The van der Waals surface area contributed by atoms with Crippen LogP contribution in [0.1, 0.15) is 74.8 Å². The van der Waals surface area contributed by atoms with Crippen LogP contribution >= 0.6 is 11.3 Å². The molecule has 6 heterocycles. The number of nitriles is 1. The number of rotatable bonds is 9. The van der Waals surface area contributed by atoms with E-state index < -0.39 is 5.92 Å². The Labute approximate surface area is 329 Å². The Morgan fingerprint density at radius 3 is 2.54 bits per heavy atom. The first-order chi connectivity index (χ1) is 27.1. The van der Waals surface area contributed by atoms with Crippen molar-refractivity contribution >= 4 is 46.1 Å². The van der Waals surface area contributed by atoms with E-state index in [4.69, 9.17) is 10.1 Å². The number of nitrogens with zero attached hydrogens (tertiary/aromatic N) is 8. The van der Waals surface area contributed by atoms with Crippen molar-refractivity contribution in [1.82, 2.24) is 40.3 Å². The fraction of sp³-hybridized carbons (Fsp3) is 0.439. The van der Waals surface area contributed by atoms with Crippen LogP contribution in [0.5, 0.6) is 0 Å². The van der Waals surface area contributed by atoms with Crippen molar-refractivity contribution in [2.45, 2.75) is 75.2 Å². The number of fused-ring (bicyclic) bond motifs is 4. The van der Waals surface area contributed by atoms with Crippen molar-refractivity contribution in [1.29, 1.82) is 5.26 Å². The van der Waals surface area contributed by atoms with Crippen LogP contribution in [-0.4, -0.2) is 86.0 Å². The fourth-order valence-corrected chi connectivity index (χ4v) is 10.0. The van der Waals surface area contributed by atoms with E-state index in [1.165, 1.54) is 0 Å². The standard InChI is InChI=1S/C41H45N11O3S/c1-25(29-6-9-35(53)47-37(29)55)4-8-34(44-3)51-18-10-27(11-19-51)36(54)48-41-15-12-40(13-16-41,14-17-41)39-50-49-38(56-39)30-24-45-32(21-31(30)43-2)33-7-5-28-20-26(22-42)23-46-52(28)33/h4-5,7-8,20-21,23-24,27,29H,1,6,9-19H2,2-3H3,(H,43,45)(H,48,54)(H,47,53,55)/b8-4-,44-34?/t29-,40?,41?/m1/s1. The number of aliphatic imine (C=N–C) groups is 1. The second kappa shape index (κ2) is 15.1. The van der Waals surface area contributed by atoms with Gasteiger partial charge in [0.2, 0.25) is 17.7 Å². The lowest BCUT2D eigenvalue weighted by Gasteiger charge is -2.53. The van der Waals surface area contributed by atoms with Crippen molar-refractivity contribution in [3.05, 3.63) is 71.5 Å². The highest BCUT2D eigenvalue weighted by atomic mass is 32.1. The molecule has 14 nitrogen and oxygen atoms in total. The van der Waals surface area contributed by atoms with Gasteiger partial charge in [0.05, 0.1) is 40.1 Å². The third-order valence-electron chi connectivity index (χ3n) is 12.4. The lowest BCUT2D eigenvalue weighted by molar-refractivity contribution is -0.135. The first-order valence-corrected chi connectivity index (χ1v) is 20.1. The molecule has 0 spiro atoms. The number of hydrogen-bond acceptors (Lipinski definition) is 11. The number of amides is 3. The first-order valence-electron chi connectivity index (χ1n) is 19.3.